The molecule has 0 bridgehead atoms. The first-order chi connectivity index (χ1) is 13.5. The second-order valence-corrected chi connectivity index (χ2v) is 8.03. The first-order valence-electron chi connectivity index (χ1n) is 10.1. The third kappa shape index (κ3) is 4.27. The number of likely N-dealkylation sites (tertiary alicyclic amines) is 2. The van der Waals surface area contributed by atoms with Crippen LogP contribution in [0.25, 0.3) is 0 Å². The van der Waals surface area contributed by atoms with Gasteiger partial charge in [-0.25, -0.2) is 0 Å². The zero-order valence-electron chi connectivity index (χ0n) is 16.6. The highest BCUT2D eigenvalue weighted by atomic mass is 16.2. The fraction of sp³-hybridized carbons (Fsp3) is 0.619. The number of hydrogen-bond acceptors (Lipinski definition) is 4. The minimum atomic E-state index is -0.421. The molecule has 2 aliphatic heterocycles. The number of carbonyl (C=O) groups is 2. The van der Waals surface area contributed by atoms with Gasteiger partial charge in [0, 0.05) is 39.4 Å². The van der Waals surface area contributed by atoms with Gasteiger partial charge in [-0.05, 0) is 50.0 Å². The van der Waals surface area contributed by atoms with E-state index in [1.54, 1.807) is 14.5 Å². The number of allylic oxidation sites excluding steroid dienone is 1. The van der Waals surface area contributed by atoms with Crippen molar-refractivity contribution < 1.29 is 9.59 Å². The standard InChI is InChI=1S/C21H29N5O2/c1-3-4-7-21(16-22)8-12-26(13-9-21)20(28)19(27)25-10-5-17(6-11-25)18-14-23-24(2)15-18/h3,14-15,17H,1,4-13H2,2H3. The predicted octanol–water partition coefficient (Wildman–Crippen LogP) is 2.22. The average molecular weight is 383 g/mol. The summed E-state index contributed by atoms with van der Waals surface area (Å²) >= 11 is 0. The normalized spacial score (nSPS) is 19.9. The summed E-state index contributed by atoms with van der Waals surface area (Å²) in [6, 6.07) is 2.44. The number of aromatic nitrogens is 2. The van der Waals surface area contributed by atoms with Crippen LogP contribution in [0.2, 0.25) is 0 Å². The first kappa shape index (κ1) is 20.1. The lowest BCUT2D eigenvalue weighted by Crippen LogP contribution is -2.51. The Morgan fingerprint density at radius 2 is 1.86 bits per heavy atom. The van der Waals surface area contributed by atoms with Crippen LogP contribution in [-0.2, 0) is 16.6 Å². The van der Waals surface area contributed by atoms with Gasteiger partial charge in [0.1, 0.15) is 0 Å². The van der Waals surface area contributed by atoms with Crippen molar-refractivity contribution in [1.82, 2.24) is 19.6 Å². The van der Waals surface area contributed by atoms with Gasteiger partial charge in [0.15, 0.2) is 0 Å². The highest BCUT2D eigenvalue weighted by Gasteiger charge is 2.38. The smallest absolute Gasteiger partial charge is 0.312 e. The van der Waals surface area contributed by atoms with Gasteiger partial charge < -0.3 is 9.80 Å². The van der Waals surface area contributed by atoms with Crippen molar-refractivity contribution in [1.29, 1.82) is 5.26 Å². The average Bonchev–Trinajstić information content (AvgIpc) is 3.18. The maximum absolute atomic E-state index is 12.7. The van der Waals surface area contributed by atoms with Crippen LogP contribution < -0.4 is 0 Å². The van der Waals surface area contributed by atoms with E-state index in [0.29, 0.717) is 44.9 Å². The Morgan fingerprint density at radius 3 is 2.36 bits per heavy atom. The monoisotopic (exact) mass is 383 g/mol. The Hall–Kier alpha value is -2.62. The molecule has 0 unspecified atom stereocenters. The number of rotatable bonds is 4. The molecule has 2 amide bonds. The molecule has 2 aliphatic rings. The number of nitriles is 1. The summed E-state index contributed by atoms with van der Waals surface area (Å²) in [4.78, 5) is 28.7. The molecule has 7 nitrogen and oxygen atoms in total. The van der Waals surface area contributed by atoms with Crippen LogP contribution in [0.4, 0.5) is 0 Å². The first-order valence-corrected chi connectivity index (χ1v) is 10.1. The topological polar surface area (TPSA) is 82.2 Å². The molecule has 0 N–H and O–H groups in total. The van der Waals surface area contributed by atoms with E-state index in [9.17, 15) is 14.9 Å². The molecule has 0 aliphatic carbocycles. The van der Waals surface area contributed by atoms with Crippen molar-refractivity contribution in [2.75, 3.05) is 26.2 Å². The molecule has 2 saturated heterocycles. The van der Waals surface area contributed by atoms with Crippen molar-refractivity contribution in [2.45, 2.75) is 44.4 Å². The highest BCUT2D eigenvalue weighted by Crippen LogP contribution is 2.36. The molecule has 7 heteroatoms. The van der Waals surface area contributed by atoms with Crippen LogP contribution in [0.3, 0.4) is 0 Å². The zero-order valence-corrected chi connectivity index (χ0v) is 16.6. The molecule has 2 fully saturated rings. The minimum Gasteiger partial charge on any atom is -0.334 e. The maximum atomic E-state index is 12.7. The van der Waals surface area contributed by atoms with Crippen LogP contribution in [0.5, 0.6) is 0 Å². The van der Waals surface area contributed by atoms with Gasteiger partial charge in [-0.3, -0.25) is 14.3 Å². The summed E-state index contributed by atoms with van der Waals surface area (Å²) in [6.07, 6.45) is 10.3. The molecule has 3 heterocycles. The SMILES string of the molecule is C=CCCC1(C#N)CCN(C(=O)C(=O)N2CCC(c3cnn(C)c3)CC2)CC1. The van der Waals surface area contributed by atoms with Crippen LogP contribution >= 0.6 is 0 Å². The number of hydrogen-bond donors (Lipinski definition) is 0. The molecule has 0 radical (unpaired) electrons. The van der Waals surface area contributed by atoms with E-state index in [2.05, 4.69) is 17.7 Å². The number of amides is 2. The zero-order chi connectivity index (χ0) is 20.1. The third-order valence-corrected chi connectivity index (χ3v) is 6.23. The molecule has 0 spiro atoms. The van der Waals surface area contributed by atoms with Gasteiger partial charge in [0.05, 0.1) is 17.7 Å². The lowest BCUT2D eigenvalue weighted by atomic mass is 9.76. The molecular formula is C21H29N5O2. The molecule has 28 heavy (non-hydrogen) atoms. The number of aryl methyl sites for hydroxylation is 1. The summed E-state index contributed by atoms with van der Waals surface area (Å²) in [5.74, 6) is -0.431. The molecular weight excluding hydrogens is 354 g/mol. The molecule has 0 aromatic carbocycles. The van der Waals surface area contributed by atoms with Crippen molar-refractivity contribution in [2.24, 2.45) is 12.5 Å². The van der Waals surface area contributed by atoms with Crippen LogP contribution in [0.15, 0.2) is 25.0 Å². The summed E-state index contributed by atoms with van der Waals surface area (Å²) in [6.45, 7) is 5.87. The molecule has 1 aromatic rings. The Morgan fingerprint density at radius 1 is 1.25 bits per heavy atom. The summed E-state index contributed by atoms with van der Waals surface area (Å²) in [5, 5.41) is 13.8. The highest BCUT2D eigenvalue weighted by molar-refractivity contribution is 6.34. The van der Waals surface area contributed by atoms with E-state index < -0.39 is 17.2 Å². The van der Waals surface area contributed by atoms with Crippen molar-refractivity contribution in [3.05, 3.63) is 30.6 Å². The Kier molecular flexibility index (Phi) is 6.18. The van der Waals surface area contributed by atoms with Gasteiger partial charge in [-0.1, -0.05) is 6.08 Å². The molecule has 1 aromatic heterocycles. The summed E-state index contributed by atoms with van der Waals surface area (Å²) < 4.78 is 1.79. The van der Waals surface area contributed by atoms with Gasteiger partial charge >= 0.3 is 11.8 Å². The number of nitrogens with zero attached hydrogens (tertiary/aromatic N) is 5. The third-order valence-electron chi connectivity index (χ3n) is 6.23. The van der Waals surface area contributed by atoms with E-state index in [1.807, 2.05) is 25.5 Å². The van der Waals surface area contributed by atoms with E-state index in [-0.39, 0.29) is 0 Å². The molecule has 3 rings (SSSR count). The summed E-state index contributed by atoms with van der Waals surface area (Å²) in [5.41, 5.74) is 0.806. The number of carbonyl (C=O) groups excluding carboxylic acids is 2. The quantitative estimate of drug-likeness (QED) is 0.590. The number of piperidine rings is 2. The van der Waals surface area contributed by atoms with E-state index >= 15 is 0 Å². The fourth-order valence-corrected chi connectivity index (χ4v) is 4.27. The Labute approximate surface area is 166 Å². The minimum absolute atomic E-state index is 0.393. The fourth-order valence-electron chi connectivity index (χ4n) is 4.27. The van der Waals surface area contributed by atoms with Crippen LogP contribution in [0.1, 0.15) is 50.0 Å². The molecule has 0 saturated carbocycles. The van der Waals surface area contributed by atoms with Crippen molar-refractivity contribution in [3.8, 4) is 6.07 Å². The van der Waals surface area contributed by atoms with Crippen LogP contribution in [-0.4, -0.2) is 57.6 Å². The van der Waals surface area contributed by atoms with Gasteiger partial charge in [-0.2, -0.15) is 10.4 Å². The lowest BCUT2D eigenvalue weighted by molar-refractivity contribution is -0.153. The molecule has 0 atom stereocenters. The predicted molar refractivity (Wildman–Crippen MR) is 105 cm³/mol. The van der Waals surface area contributed by atoms with Crippen molar-refractivity contribution >= 4 is 11.8 Å². The maximum Gasteiger partial charge on any atom is 0.312 e. The van der Waals surface area contributed by atoms with E-state index in [0.717, 1.165) is 25.7 Å². The van der Waals surface area contributed by atoms with Crippen molar-refractivity contribution in [3.63, 3.8) is 0 Å². The van der Waals surface area contributed by atoms with E-state index in [4.69, 9.17) is 0 Å². The van der Waals surface area contributed by atoms with E-state index in [1.165, 1.54) is 5.56 Å². The van der Waals surface area contributed by atoms with Gasteiger partial charge in [0.2, 0.25) is 0 Å². The Balaban J connectivity index is 1.51. The molecule has 150 valence electrons. The Bertz CT molecular complexity index is 762. The van der Waals surface area contributed by atoms with Gasteiger partial charge in [-0.15, -0.1) is 6.58 Å². The van der Waals surface area contributed by atoms with Crippen LogP contribution in [0, 0.1) is 16.7 Å². The summed E-state index contributed by atoms with van der Waals surface area (Å²) in [7, 11) is 1.90. The van der Waals surface area contributed by atoms with Gasteiger partial charge in [0.25, 0.3) is 0 Å². The largest absolute Gasteiger partial charge is 0.334 e. The second-order valence-electron chi connectivity index (χ2n) is 8.03. The lowest BCUT2D eigenvalue weighted by Gasteiger charge is -2.38. The second kappa shape index (κ2) is 8.59.